The molecule has 1 spiro atoms. The van der Waals surface area contributed by atoms with Gasteiger partial charge in [-0.15, -0.1) is 0 Å². The molecule has 19 heavy (non-hydrogen) atoms. The summed E-state index contributed by atoms with van der Waals surface area (Å²) in [6.07, 6.45) is 7.36. The number of ketones is 1. The van der Waals surface area contributed by atoms with Crippen LogP contribution >= 0.6 is 0 Å². The van der Waals surface area contributed by atoms with E-state index in [4.69, 9.17) is 0 Å². The summed E-state index contributed by atoms with van der Waals surface area (Å²) in [5.74, 6) is 0.580. The molecule has 0 amide bonds. The van der Waals surface area contributed by atoms with Crippen molar-refractivity contribution in [1.82, 2.24) is 0 Å². The minimum atomic E-state index is -1.43. The van der Waals surface area contributed by atoms with E-state index in [2.05, 4.69) is 51.4 Å². The molecular formula is C16H28OSi2. The Morgan fingerprint density at radius 2 is 1.63 bits per heavy atom. The van der Waals surface area contributed by atoms with Gasteiger partial charge in [0.05, 0.1) is 16.1 Å². The molecule has 1 saturated carbocycles. The van der Waals surface area contributed by atoms with Crippen molar-refractivity contribution in [2.75, 3.05) is 0 Å². The Balaban J connectivity index is 2.55. The summed E-state index contributed by atoms with van der Waals surface area (Å²) in [5, 5.41) is 3.09. The van der Waals surface area contributed by atoms with Gasteiger partial charge >= 0.3 is 0 Å². The van der Waals surface area contributed by atoms with Gasteiger partial charge in [-0.3, -0.25) is 4.79 Å². The van der Waals surface area contributed by atoms with Gasteiger partial charge in [0.25, 0.3) is 0 Å². The van der Waals surface area contributed by atoms with E-state index in [9.17, 15) is 4.79 Å². The first-order valence-corrected chi connectivity index (χ1v) is 14.4. The van der Waals surface area contributed by atoms with Gasteiger partial charge in [0.1, 0.15) is 5.78 Å². The highest BCUT2D eigenvalue weighted by Crippen LogP contribution is 2.60. The van der Waals surface area contributed by atoms with E-state index in [1.807, 2.05) is 0 Å². The van der Waals surface area contributed by atoms with Crippen LogP contribution in [-0.4, -0.2) is 21.9 Å². The normalized spacial score (nSPS) is 25.9. The zero-order valence-corrected chi connectivity index (χ0v) is 15.6. The zero-order valence-electron chi connectivity index (χ0n) is 13.6. The summed E-state index contributed by atoms with van der Waals surface area (Å²) < 4.78 is 0. The second kappa shape index (κ2) is 4.29. The molecule has 1 unspecified atom stereocenters. The van der Waals surface area contributed by atoms with Crippen molar-refractivity contribution in [2.45, 2.75) is 59.0 Å². The fraction of sp³-hybridized carbons (Fsp3) is 0.688. The Morgan fingerprint density at radius 3 is 1.95 bits per heavy atom. The van der Waals surface area contributed by atoms with Gasteiger partial charge in [-0.25, -0.2) is 0 Å². The zero-order chi connectivity index (χ0) is 14.6. The van der Waals surface area contributed by atoms with Gasteiger partial charge in [-0.2, -0.15) is 0 Å². The highest BCUT2D eigenvalue weighted by molar-refractivity contribution is 6.86. The lowest BCUT2D eigenvalue weighted by Crippen LogP contribution is -2.40. The number of rotatable bonds is 3. The van der Waals surface area contributed by atoms with Crippen molar-refractivity contribution in [1.29, 1.82) is 0 Å². The molecule has 0 aliphatic heterocycles. The minimum Gasteiger partial charge on any atom is -0.299 e. The number of Topliss-reactive ketones (excluding diaryl/α,β-unsaturated/α-hetero) is 1. The van der Waals surface area contributed by atoms with Gasteiger partial charge in [0.2, 0.25) is 0 Å². The summed E-state index contributed by atoms with van der Waals surface area (Å²) in [6.45, 7) is 16.2. The van der Waals surface area contributed by atoms with Crippen molar-refractivity contribution in [3.63, 3.8) is 0 Å². The predicted molar refractivity (Wildman–Crippen MR) is 88.7 cm³/mol. The van der Waals surface area contributed by atoms with Crippen LogP contribution < -0.4 is 0 Å². The maximum absolute atomic E-state index is 12.2. The Kier molecular flexibility index (Phi) is 3.38. The number of hydrogen-bond acceptors (Lipinski definition) is 1. The van der Waals surface area contributed by atoms with E-state index in [1.165, 1.54) is 18.0 Å². The molecule has 0 aromatic heterocycles. The van der Waals surface area contributed by atoms with Crippen LogP contribution in [0, 0.1) is 11.3 Å². The topological polar surface area (TPSA) is 17.1 Å². The molecular weight excluding hydrogens is 264 g/mol. The average Bonchev–Trinajstić information content (AvgIpc) is 2.93. The van der Waals surface area contributed by atoms with Crippen LogP contribution in [0.4, 0.5) is 0 Å². The van der Waals surface area contributed by atoms with E-state index in [-0.39, 0.29) is 11.3 Å². The SMILES string of the molecule is CC(=O)C1C([Si](C)(C)C)=CC([Si](C)(C)C)=CC12CC2. The van der Waals surface area contributed by atoms with Gasteiger partial charge in [0, 0.05) is 11.3 Å². The van der Waals surface area contributed by atoms with E-state index in [0.717, 1.165) is 0 Å². The first kappa shape index (κ1) is 15.0. The van der Waals surface area contributed by atoms with Gasteiger partial charge in [0.15, 0.2) is 0 Å². The molecule has 0 aromatic rings. The summed E-state index contributed by atoms with van der Waals surface area (Å²) in [4.78, 5) is 12.2. The van der Waals surface area contributed by atoms with Crippen molar-refractivity contribution < 1.29 is 4.79 Å². The second-order valence-electron chi connectivity index (χ2n) is 8.48. The van der Waals surface area contributed by atoms with E-state index in [0.29, 0.717) is 5.78 Å². The molecule has 2 aliphatic carbocycles. The standard InChI is InChI=1S/C16H28OSi2/c1-12(17)15-14(19(5,6)7)10-13(18(2,3)4)11-16(15)8-9-16/h10-11,15H,8-9H2,1-7H3. The van der Waals surface area contributed by atoms with Crippen LogP contribution in [0.5, 0.6) is 0 Å². The monoisotopic (exact) mass is 292 g/mol. The lowest BCUT2D eigenvalue weighted by atomic mass is 9.82. The van der Waals surface area contributed by atoms with Crippen LogP contribution in [0.25, 0.3) is 0 Å². The molecule has 0 saturated heterocycles. The fourth-order valence-electron chi connectivity index (χ4n) is 3.28. The third-order valence-corrected chi connectivity index (χ3v) is 8.79. The molecule has 0 aromatic carbocycles. The number of hydrogen-bond donors (Lipinski definition) is 0. The van der Waals surface area contributed by atoms with Crippen LogP contribution in [0.3, 0.4) is 0 Å². The molecule has 106 valence electrons. The Hall–Kier alpha value is -0.416. The molecule has 0 radical (unpaired) electrons. The third-order valence-electron chi connectivity index (χ3n) is 4.61. The van der Waals surface area contributed by atoms with Crippen LogP contribution in [0.1, 0.15) is 19.8 Å². The molecule has 0 heterocycles. The molecule has 1 atom stereocenters. The first-order chi connectivity index (χ1) is 8.47. The quantitative estimate of drug-likeness (QED) is 0.695. The maximum atomic E-state index is 12.2. The highest BCUT2D eigenvalue weighted by atomic mass is 28.3. The third kappa shape index (κ3) is 2.73. The number of carbonyl (C=O) groups excluding carboxylic acids is 1. The molecule has 2 rings (SSSR count). The average molecular weight is 293 g/mol. The predicted octanol–water partition coefficient (Wildman–Crippen LogP) is 4.59. The summed E-state index contributed by atoms with van der Waals surface area (Å²) >= 11 is 0. The molecule has 1 nitrogen and oxygen atoms in total. The van der Waals surface area contributed by atoms with Crippen molar-refractivity contribution >= 4 is 21.9 Å². The highest BCUT2D eigenvalue weighted by Gasteiger charge is 2.54. The smallest absolute Gasteiger partial charge is 0.137 e. The van der Waals surface area contributed by atoms with Gasteiger partial charge < -0.3 is 0 Å². The Morgan fingerprint density at radius 1 is 1.11 bits per heavy atom. The van der Waals surface area contributed by atoms with E-state index in [1.54, 1.807) is 12.1 Å². The van der Waals surface area contributed by atoms with E-state index < -0.39 is 16.1 Å². The van der Waals surface area contributed by atoms with Gasteiger partial charge in [-0.05, 0) is 19.8 Å². The van der Waals surface area contributed by atoms with Crippen LogP contribution in [0.15, 0.2) is 22.5 Å². The second-order valence-corrected chi connectivity index (χ2v) is 18.6. The lowest BCUT2D eigenvalue weighted by molar-refractivity contribution is -0.120. The van der Waals surface area contributed by atoms with Crippen molar-refractivity contribution in [2.24, 2.45) is 11.3 Å². The molecule has 0 N–H and O–H groups in total. The number of allylic oxidation sites excluding steroid dienone is 4. The first-order valence-electron chi connectivity index (χ1n) is 7.43. The molecule has 3 heteroatoms. The van der Waals surface area contributed by atoms with Crippen molar-refractivity contribution in [3.8, 4) is 0 Å². The van der Waals surface area contributed by atoms with E-state index >= 15 is 0 Å². The van der Waals surface area contributed by atoms with Crippen LogP contribution in [-0.2, 0) is 4.79 Å². The summed E-state index contributed by atoms with van der Waals surface area (Å²) in [7, 11) is -2.72. The minimum absolute atomic E-state index is 0.194. The molecule has 2 aliphatic rings. The largest absolute Gasteiger partial charge is 0.299 e. The fourth-order valence-corrected chi connectivity index (χ4v) is 6.68. The Labute approximate surface area is 120 Å². The summed E-state index contributed by atoms with van der Waals surface area (Å²) in [5.41, 5.74) is 0.214. The van der Waals surface area contributed by atoms with Crippen LogP contribution in [0.2, 0.25) is 39.3 Å². The maximum Gasteiger partial charge on any atom is 0.137 e. The van der Waals surface area contributed by atoms with Gasteiger partial charge in [-0.1, -0.05) is 61.8 Å². The number of carbonyl (C=O) groups is 1. The molecule has 0 bridgehead atoms. The summed E-state index contributed by atoms with van der Waals surface area (Å²) in [6, 6.07) is 0. The Bertz CT molecular complexity index is 468. The lowest BCUT2D eigenvalue weighted by Gasteiger charge is -2.38. The van der Waals surface area contributed by atoms with Crippen molar-refractivity contribution in [3.05, 3.63) is 22.5 Å². The molecule has 1 fully saturated rings.